The molecule has 4 nitrogen and oxygen atoms in total. The van der Waals surface area contributed by atoms with Crippen LogP contribution in [0.4, 0.5) is 0 Å². The van der Waals surface area contributed by atoms with Crippen molar-refractivity contribution >= 4 is 17.6 Å². The van der Waals surface area contributed by atoms with Crippen molar-refractivity contribution in [1.82, 2.24) is 4.98 Å². The standard InChI is InChI=1S/C16H18ClNO3/c1-9-8-10(6-7-11(9)17)14-18-13(16(2,3)4)12(21-14)15(19)20-5/h6-8H,1-5H3. The second-order valence-electron chi connectivity index (χ2n) is 5.90. The van der Waals surface area contributed by atoms with Gasteiger partial charge in [0.15, 0.2) is 0 Å². The molecule has 0 unspecified atom stereocenters. The lowest BCUT2D eigenvalue weighted by Gasteiger charge is -2.15. The third-order valence-electron chi connectivity index (χ3n) is 3.11. The molecule has 1 aromatic carbocycles. The summed E-state index contributed by atoms with van der Waals surface area (Å²) in [5.41, 5.74) is 1.95. The van der Waals surface area contributed by atoms with Crippen molar-refractivity contribution < 1.29 is 13.9 Å². The molecule has 0 saturated carbocycles. The first-order valence-electron chi connectivity index (χ1n) is 6.60. The van der Waals surface area contributed by atoms with Crippen LogP contribution >= 0.6 is 11.6 Å². The van der Waals surface area contributed by atoms with Crippen molar-refractivity contribution in [2.24, 2.45) is 0 Å². The molecule has 0 aliphatic rings. The summed E-state index contributed by atoms with van der Waals surface area (Å²) in [7, 11) is 1.32. The number of esters is 1. The Kier molecular flexibility index (Phi) is 4.10. The van der Waals surface area contributed by atoms with E-state index in [1.54, 1.807) is 6.07 Å². The van der Waals surface area contributed by atoms with Gasteiger partial charge in [-0.3, -0.25) is 0 Å². The van der Waals surface area contributed by atoms with Gasteiger partial charge >= 0.3 is 5.97 Å². The lowest BCUT2D eigenvalue weighted by molar-refractivity contribution is 0.0562. The smallest absolute Gasteiger partial charge is 0.376 e. The molecule has 21 heavy (non-hydrogen) atoms. The van der Waals surface area contributed by atoms with Gasteiger partial charge in [-0.05, 0) is 30.7 Å². The lowest BCUT2D eigenvalue weighted by atomic mass is 9.91. The summed E-state index contributed by atoms with van der Waals surface area (Å²) in [6.45, 7) is 7.80. The summed E-state index contributed by atoms with van der Waals surface area (Å²) in [5.74, 6) is 0.0112. The minimum Gasteiger partial charge on any atom is -0.463 e. The average Bonchev–Trinajstić information content (AvgIpc) is 2.86. The Morgan fingerprint density at radius 2 is 2.00 bits per heavy atom. The Bertz CT molecular complexity index is 683. The molecular weight excluding hydrogens is 290 g/mol. The van der Waals surface area contributed by atoms with Crippen molar-refractivity contribution in [3.63, 3.8) is 0 Å². The van der Waals surface area contributed by atoms with Gasteiger partial charge in [0, 0.05) is 16.0 Å². The van der Waals surface area contributed by atoms with Crippen molar-refractivity contribution in [2.75, 3.05) is 7.11 Å². The highest BCUT2D eigenvalue weighted by molar-refractivity contribution is 6.31. The van der Waals surface area contributed by atoms with Crippen LogP contribution in [-0.4, -0.2) is 18.1 Å². The topological polar surface area (TPSA) is 52.3 Å². The second-order valence-corrected chi connectivity index (χ2v) is 6.31. The van der Waals surface area contributed by atoms with Gasteiger partial charge in [0.2, 0.25) is 11.7 Å². The van der Waals surface area contributed by atoms with Crippen molar-refractivity contribution in [3.8, 4) is 11.5 Å². The predicted molar refractivity (Wildman–Crippen MR) is 81.7 cm³/mol. The number of benzene rings is 1. The fourth-order valence-corrected chi connectivity index (χ4v) is 2.08. The summed E-state index contributed by atoms with van der Waals surface area (Å²) in [4.78, 5) is 16.4. The number of rotatable bonds is 2. The number of oxazole rings is 1. The average molecular weight is 308 g/mol. The zero-order valence-corrected chi connectivity index (χ0v) is 13.5. The van der Waals surface area contributed by atoms with E-state index >= 15 is 0 Å². The van der Waals surface area contributed by atoms with Gasteiger partial charge in [-0.15, -0.1) is 0 Å². The summed E-state index contributed by atoms with van der Waals surface area (Å²) in [5, 5.41) is 0.676. The molecule has 0 aliphatic heterocycles. The summed E-state index contributed by atoms with van der Waals surface area (Å²) >= 11 is 6.02. The van der Waals surface area contributed by atoms with Crippen LogP contribution in [-0.2, 0) is 10.2 Å². The molecule has 0 amide bonds. The third kappa shape index (κ3) is 3.10. The van der Waals surface area contributed by atoms with E-state index in [1.165, 1.54) is 7.11 Å². The number of carbonyl (C=O) groups excluding carboxylic acids is 1. The normalized spacial score (nSPS) is 11.5. The number of ether oxygens (including phenoxy) is 1. The van der Waals surface area contributed by atoms with E-state index in [0.29, 0.717) is 16.6 Å². The van der Waals surface area contributed by atoms with Crippen LogP contribution < -0.4 is 0 Å². The molecule has 5 heteroatoms. The van der Waals surface area contributed by atoms with E-state index in [2.05, 4.69) is 4.98 Å². The van der Waals surface area contributed by atoms with Crippen molar-refractivity contribution in [3.05, 3.63) is 40.2 Å². The Morgan fingerprint density at radius 1 is 1.33 bits per heavy atom. The number of hydrogen-bond acceptors (Lipinski definition) is 4. The van der Waals surface area contributed by atoms with E-state index in [9.17, 15) is 4.79 Å². The molecule has 1 heterocycles. The molecule has 2 aromatic rings. The number of aromatic nitrogens is 1. The number of hydrogen-bond donors (Lipinski definition) is 0. The lowest BCUT2D eigenvalue weighted by Crippen LogP contribution is -2.17. The molecule has 2 rings (SSSR count). The van der Waals surface area contributed by atoms with Gasteiger partial charge in [0.25, 0.3) is 0 Å². The molecule has 0 saturated heterocycles. The highest BCUT2D eigenvalue weighted by Crippen LogP contribution is 2.31. The fourth-order valence-electron chi connectivity index (χ4n) is 1.96. The molecule has 0 spiro atoms. The van der Waals surface area contributed by atoms with E-state index in [-0.39, 0.29) is 11.2 Å². The minimum absolute atomic E-state index is 0.146. The number of nitrogens with zero attached hydrogens (tertiary/aromatic N) is 1. The van der Waals surface area contributed by atoms with Gasteiger partial charge in [-0.2, -0.15) is 0 Å². The quantitative estimate of drug-likeness (QED) is 0.772. The van der Waals surface area contributed by atoms with Crippen LogP contribution in [0.2, 0.25) is 5.02 Å². The van der Waals surface area contributed by atoms with E-state index in [1.807, 2.05) is 39.8 Å². The summed E-state index contributed by atoms with van der Waals surface area (Å²) in [6, 6.07) is 5.47. The molecule has 112 valence electrons. The Balaban J connectivity index is 2.58. The minimum atomic E-state index is -0.524. The molecule has 0 aliphatic carbocycles. The molecular formula is C16H18ClNO3. The second kappa shape index (κ2) is 5.53. The van der Waals surface area contributed by atoms with Crippen LogP contribution in [0.1, 0.15) is 42.6 Å². The van der Waals surface area contributed by atoms with Gasteiger partial charge in [0.05, 0.1) is 7.11 Å². The first-order valence-corrected chi connectivity index (χ1v) is 6.98. The fraction of sp³-hybridized carbons (Fsp3) is 0.375. The maximum absolute atomic E-state index is 11.9. The first kappa shape index (κ1) is 15.6. The first-order chi connectivity index (χ1) is 9.74. The van der Waals surface area contributed by atoms with Gasteiger partial charge in [0.1, 0.15) is 5.69 Å². The molecule has 0 bridgehead atoms. The van der Waals surface area contributed by atoms with Crippen molar-refractivity contribution in [2.45, 2.75) is 33.1 Å². The third-order valence-corrected chi connectivity index (χ3v) is 3.54. The highest BCUT2D eigenvalue weighted by Gasteiger charge is 2.30. The Morgan fingerprint density at radius 3 is 2.52 bits per heavy atom. The van der Waals surface area contributed by atoms with Crippen LogP contribution in [0.15, 0.2) is 22.6 Å². The van der Waals surface area contributed by atoms with Crippen LogP contribution in [0.5, 0.6) is 0 Å². The van der Waals surface area contributed by atoms with E-state index in [0.717, 1.165) is 11.1 Å². The highest BCUT2D eigenvalue weighted by atomic mass is 35.5. The molecule has 0 N–H and O–H groups in total. The largest absolute Gasteiger partial charge is 0.463 e. The van der Waals surface area contributed by atoms with Gasteiger partial charge in [-0.1, -0.05) is 32.4 Å². The molecule has 0 radical (unpaired) electrons. The maximum Gasteiger partial charge on any atom is 0.376 e. The van der Waals surface area contributed by atoms with E-state index in [4.69, 9.17) is 20.8 Å². The van der Waals surface area contributed by atoms with Gasteiger partial charge < -0.3 is 9.15 Å². The Hall–Kier alpha value is -1.81. The summed E-state index contributed by atoms with van der Waals surface area (Å²) in [6.07, 6.45) is 0. The van der Waals surface area contributed by atoms with Crippen LogP contribution in [0.3, 0.4) is 0 Å². The number of carbonyl (C=O) groups is 1. The Labute approximate surface area is 129 Å². The predicted octanol–water partition coefficient (Wildman–Crippen LogP) is 4.39. The van der Waals surface area contributed by atoms with Crippen LogP contribution in [0, 0.1) is 6.92 Å². The number of halogens is 1. The zero-order chi connectivity index (χ0) is 15.8. The zero-order valence-electron chi connectivity index (χ0n) is 12.8. The number of methoxy groups -OCH3 is 1. The van der Waals surface area contributed by atoms with Crippen molar-refractivity contribution in [1.29, 1.82) is 0 Å². The number of aryl methyl sites for hydroxylation is 1. The molecule has 1 aromatic heterocycles. The molecule has 0 atom stereocenters. The van der Waals surface area contributed by atoms with Gasteiger partial charge in [-0.25, -0.2) is 9.78 Å². The molecule has 0 fully saturated rings. The summed E-state index contributed by atoms with van der Waals surface area (Å²) < 4.78 is 10.4. The monoisotopic (exact) mass is 307 g/mol. The maximum atomic E-state index is 11.9. The van der Waals surface area contributed by atoms with E-state index < -0.39 is 5.97 Å². The SMILES string of the molecule is COC(=O)c1oc(-c2ccc(Cl)c(C)c2)nc1C(C)(C)C. The van der Waals surface area contributed by atoms with Crippen LogP contribution in [0.25, 0.3) is 11.5 Å².